The highest BCUT2D eigenvalue weighted by Crippen LogP contribution is 2.26. The van der Waals surface area contributed by atoms with Gasteiger partial charge in [-0.15, -0.1) is 0 Å². The van der Waals surface area contributed by atoms with Crippen LogP contribution in [0.15, 0.2) is 33.9 Å². The van der Waals surface area contributed by atoms with Gasteiger partial charge in [0.05, 0.1) is 5.56 Å². The quantitative estimate of drug-likeness (QED) is 0.402. The van der Waals surface area contributed by atoms with Crippen LogP contribution in [0.2, 0.25) is 0 Å². The third-order valence-electron chi connectivity index (χ3n) is 3.15. The first-order valence-electron chi connectivity index (χ1n) is 6.18. The predicted octanol–water partition coefficient (Wildman–Crippen LogP) is 0.652. The summed E-state index contributed by atoms with van der Waals surface area (Å²) in [6.45, 7) is 1.31. The number of carbonyl (C=O) groups is 1. The molecule has 0 aliphatic carbocycles. The molecule has 0 fully saturated rings. The van der Waals surface area contributed by atoms with Crippen molar-refractivity contribution in [2.24, 2.45) is 7.05 Å². The standard InChI is InChI=1S/C14H11N3O4/c1-7(18)21-9-3-4-11-8(5-9)6-10-12(17(11)2)15-14(20)16-13(10)19/h3-6H,1-2H3,(H,16,19,20). The van der Waals surface area contributed by atoms with Gasteiger partial charge >= 0.3 is 11.7 Å². The molecule has 0 saturated carbocycles. The minimum Gasteiger partial charge on any atom is -0.427 e. The van der Waals surface area contributed by atoms with Crippen LogP contribution in [0.5, 0.6) is 5.75 Å². The Balaban J connectivity index is 2.37. The van der Waals surface area contributed by atoms with Gasteiger partial charge in [-0.1, -0.05) is 0 Å². The highest BCUT2D eigenvalue weighted by Gasteiger charge is 2.15. The smallest absolute Gasteiger partial charge is 0.349 e. The summed E-state index contributed by atoms with van der Waals surface area (Å²) >= 11 is 0. The van der Waals surface area contributed by atoms with Crippen molar-refractivity contribution in [2.45, 2.75) is 6.92 Å². The van der Waals surface area contributed by atoms with E-state index in [1.54, 1.807) is 35.9 Å². The molecule has 0 radical (unpaired) electrons. The second-order valence-electron chi connectivity index (χ2n) is 4.63. The molecule has 0 spiro atoms. The maximum Gasteiger partial charge on any atom is 0.349 e. The molecule has 0 bridgehead atoms. The van der Waals surface area contributed by atoms with E-state index < -0.39 is 17.2 Å². The van der Waals surface area contributed by atoms with E-state index in [0.717, 1.165) is 5.52 Å². The number of hydrogen-bond donors (Lipinski definition) is 1. The molecule has 0 aromatic heterocycles. The van der Waals surface area contributed by atoms with Gasteiger partial charge < -0.3 is 9.30 Å². The molecule has 0 unspecified atom stereocenters. The number of rotatable bonds is 1. The van der Waals surface area contributed by atoms with Crippen molar-refractivity contribution >= 4 is 16.9 Å². The van der Waals surface area contributed by atoms with Gasteiger partial charge in [-0.2, -0.15) is 4.98 Å². The van der Waals surface area contributed by atoms with E-state index in [1.165, 1.54) is 6.92 Å². The fraction of sp³-hybridized carbons (Fsp3) is 0.143. The number of H-pyrrole nitrogens is 1. The molecule has 21 heavy (non-hydrogen) atoms. The number of fused-ring (bicyclic) bond motifs is 2. The molecular weight excluding hydrogens is 274 g/mol. The second kappa shape index (κ2) is 4.55. The third-order valence-corrected chi connectivity index (χ3v) is 3.15. The Bertz CT molecular complexity index is 955. The predicted molar refractivity (Wildman–Crippen MR) is 75.5 cm³/mol. The number of benzene rings is 1. The van der Waals surface area contributed by atoms with Crippen molar-refractivity contribution < 1.29 is 9.53 Å². The number of nitrogens with one attached hydrogen (secondary N) is 1. The molecule has 7 nitrogen and oxygen atoms in total. The Labute approximate surface area is 118 Å². The zero-order valence-corrected chi connectivity index (χ0v) is 11.3. The molecule has 3 rings (SSSR count). The topological polar surface area (TPSA) is 94.1 Å². The van der Waals surface area contributed by atoms with Crippen molar-refractivity contribution in [3.8, 4) is 17.1 Å². The van der Waals surface area contributed by atoms with Crippen LogP contribution in [0.3, 0.4) is 0 Å². The highest BCUT2D eigenvalue weighted by molar-refractivity contribution is 5.87. The maximum absolute atomic E-state index is 11.9. The molecular formula is C14H11N3O4. The van der Waals surface area contributed by atoms with Gasteiger partial charge in [0, 0.05) is 24.9 Å². The van der Waals surface area contributed by atoms with Crippen LogP contribution in [-0.4, -0.2) is 20.5 Å². The van der Waals surface area contributed by atoms with Crippen LogP contribution in [-0.2, 0) is 11.8 Å². The monoisotopic (exact) mass is 285 g/mol. The van der Waals surface area contributed by atoms with Crippen molar-refractivity contribution in [1.29, 1.82) is 0 Å². The van der Waals surface area contributed by atoms with Crippen LogP contribution in [0.25, 0.3) is 22.3 Å². The van der Waals surface area contributed by atoms with Gasteiger partial charge in [-0.25, -0.2) is 4.79 Å². The van der Waals surface area contributed by atoms with Crippen LogP contribution in [0.1, 0.15) is 6.92 Å². The summed E-state index contributed by atoms with van der Waals surface area (Å²) in [6.07, 6.45) is 0. The lowest BCUT2D eigenvalue weighted by molar-refractivity contribution is -0.131. The number of pyridine rings is 1. The van der Waals surface area contributed by atoms with Crippen molar-refractivity contribution in [3.63, 3.8) is 0 Å². The highest BCUT2D eigenvalue weighted by atomic mass is 16.5. The molecule has 0 saturated heterocycles. The van der Waals surface area contributed by atoms with Crippen molar-refractivity contribution in [1.82, 2.24) is 14.5 Å². The van der Waals surface area contributed by atoms with Gasteiger partial charge in [-0.3, -0.25) is 14.6 Å². The minimum atomic E-state index is -0.681. The molecule has 1 N–H and O–H groups in total. The molecule has 1 aromatic rings. The fourth-order valence-electron chi connectivity index (χ4n) is 2.29. The van der Waals surface area contributed by atoms with E-state index in [2.05, 4.69) is 9.97 Å². The van der Waals surface area contributed by atoms with E-state index in [-0.39, 0.29) is 0 Å². The van der Waals surface area contributed by atoms with Crippen molar-refractivity contribution in [2.75, 3.05) is 0 Å². The largest absolute Gasteiger partial charge is 0.427 e. The van der Waals surface area contributed by atoms with Gasteiger partial charge in [-0.05, 0) is 24.3 Å². The van der Waals surface area contributed by atoms with Crippen LogP contribution >= 0.6 is 0 Å². The summed E-state index contributed by atoms with van der Waals surface area (Å²) in [5.41, 5.74) is -0.125. The zero-order valence-electron chi connectivity index (χ0n) is 11.3. The van der Waals surface area contributed by atoms with Crippen LogP contribution < -0.4 is 16.0 Å². The number of esters is 1. The number of hydrogen-bond acceptors (Lipinski definition) is 5. The average molecular weight is 285 g/mol. The van der Waals surface area contributed by atoms with Crippen LogP contribution in [0.4, 0.5) is 0 Å². The van der Waals surface area contributed by atoms with E-state index in [0.29, 0.717) is 22.5 Å². The first kappa shape index (κ1) is 13.0. The zero-order chi connectivity index (χ0) is 15.1. The summed E-state index contributed by atoms with van der Waals surface area (Å²) in [6, 6.07) is 6.64. The van der Waals surface area contributed by atoms with E-state index in [4.69, 9.17) is 4.74 Å². The molecule has 0 amide bonds. The second-order valence-corrected chi connectivity index (χ2v) is 4.63. The molecule has 7 heteroatoms. The Hall–Kier alpha value is -2.96. The van der Waals surface area contributed by atoms with Gasteiger partial charge in [0.1, 0.15) is 5.75 Å². The van der Waals surface area contributed by atoms with E-state index in [1.807, 2.05) is 0 Å². The number of aromatic amines is 1. The number of nitrogens with zero attached hydrogens (tertiary/aromatic N) is 2. The number of ether oxygens (including phenoxy) is 1. The number of aryl methyl sites for hydroxylation is 1. The number of aromatic nitrogens is 3. The Morgan fingerprint density at radius 3 is 2.76 bits per heavy atom. The summed E-state index contributed by atoms with van der Waals surface area (Å²) in [7, 11) is 1.71. The minimum absolute atomic E-state index is 0.296. The van der Waals surface area contributed by atoms with Crippen molar-refractivity contribution in [3.05, 3.63) is 45.1 Å². The van der Waals surface area contributed by atoms with Crippen LogP contribution in [0, 0.1) is 0 Å². The average Bonchev–Trinajstić information content (AvgIpc) is 2.39. The molecule has 2 aliphatic rings. The SMILES string of the molecule is CC(=O)Oc1ccc2c(c1)cc1c(=O)[nH]c(=O)nc-1n2C. The Morgan fingerprint density at radius 1 is 1.29 bits per heavy atom. The van der Waals surface area contributed by atoms with E-state index in [9.17, 15) is 14.4 Å². The fourth-order valence-corrected chi connectivity index (χ4v) is 2.29. The Kier molecular flexibility index (Phi) is 2.83. The third kappa shape index (κ3) is 2.18. The summed E-state index contributed by atoms with van der Waals surface area (Å²) in [5.74, 6) is 0.269. The summed E-state index contributed by atoms with van der Waals surface area (Å²) < 4.78 is 6.68. The lowest BCUT2D eigenvalue weighted by Gasteiger charge is -2.13. The molecule has 2 aliphatic heterocycles. The lowest BCUT2D eigenvalue weighted by Crippen LogP contribution is -2.27. The normalized spacial score (nSPS) is 11.0. The molecule has 1 aromatic carbocycles. The maximum atomic E-state index is 11.9. The molecule has 106 valence electrons. The van der Waals surface area contributed by atoms with Gasteiger partial charge in [0.25, 0.3) is 5.56 Å². The first-order chi connectivity index (χ1) is 9.95. The number of carbonyl (C=O) groups excluding carboxylic acids is 1. The van der Waals surface area contributed by atoms with Gasteiger partial charge in [0.15, 0.2) is 5.82 Å². The Morgan fingerprint density at radius 2 is 2.05 bits per heavy atom. The van der Waals surface area contributed by atoms with E-state index >= 15 is 0 Å². The summed E-state index contributed by atoms with van der Waals surface area (Å²) in [4.78, 5) is 40.1. The van der Waals surface area contributed by atoms with Gasteiger partial charge in [0.2, 0.25) is 0 Å². The molecule has 2 heterocycles. The molecule has 0 atom stereocenters. The first-order valence-corrected chi connectivity index (χ1v) is 6.18. The lowest BCUT2D eigenvalue weighted by atomic mass is 10.1. The summed E-state index contributed by atoms with van der Waals surface area (Å²) in [5, 5.41) is 0.703.